The molecule has 0 fully saturated rings. The third-order valence-electron chi connectivity index (χ3n) is 5.24. The van der Waals surface area contributed by atoms with Gasteiger partial charge in [0.25, 0.3) is 0 Å². The highest BCUT2D eigenvalue weighted by atomic mass is 16.2. The molecule has 0 saturated heterocycles. The van der Waals surface area contributed by atoms with Gasteiger partial charge in [-0.25, -0.2) is 0 Å². The van der Waals surface area contributed by atoms with E-state index in [1.54, 1.807) is 11.7 Å². The molecule has 5 heteroatoms. The predicted molar refractivity (Wildman–Crippen MR) is 116 cm³/mol. The van der Waals surface area contributed by atoms with E-state index in [9.17, 15) is 9.59 Å². The number of nitrogens with zero attached hydrogens (tertiary/aromatic N) is 2. The minimum atomic E-state index is -0.810. The fraction of sp³-hybridized carbons (Fsp3) is 0.0800. The maximum Gasteiger partial charge on any atom is 0.230 e. The summed E-state index contributed by atoms with van der Waals surface area (Å²) >= 11 is 0. The summed E-state index contributed by atoms with van der Waals surface area (Å²) in [5, 5.41) is 7.82. The lowest BCUT2D eigenvalue weighted by Gasteiger charge is -2.37. The number of nitrogens with one attached hydrogen (secondary N) is 1. The summed E-state index contributed by atoms with van der Waals surface area (Å²) in [5.74, 6) is -0.141. The maximum atomic E-state index is 12.3. The number of hydrogen-bond donors (Lipinski definition) is 1. The quantitative estimate of drug-likeness (QED) is 0.220. The van der Waals surface area contributed by atoms with Crippen molar-refractivity contribution < 1.29 is 9.59 Å². The Kier molecular flexibility index (Phi) is 5.26. The van der Waals surface area contributed by atoms with Crippen LogP contribution in [0.15, 0.2) is 97.2 Å². The molecule has 3 aromatic carbocycles. The van der Waals surface area contributed by atoms with Gasteiger partial charge in [-0.3, -0.25) is 14.3 Å². The molecule has 0 aliphatic heterocycles. The Morgan fingerprint density at radius 3 is 1.67 bits per heavy atom. The lowest BCUT2D eigenvalue weighted by Crippen LogP contribution is -2.39. The number of aryl methyl sites for hydroxylation is 1. The molecule has 0 unspecified atom stereocenters. The Bertz CT molecular complexity index is 1060. The first-order valence-electron chi connectivity index (χ1n) is 9.63. The summed E-state index contributed by atoms with van der Waals surface area (Å²) in [4.78, 5) is 23.5. The van der Waals surface area contributed by atoms with Crippen LogP contribution in [0.5, 0.6) is 0 Å². The average molecular weight is 395 g/mol. The maximum absolute atomic E-state index is 12.3. The molecule has 0 saturated carbocycles. The number of aromatic nitrogens is 2. The second-order valence-corrected chi connectivity index (χ2v) is 6.99. The van der Waals surface area contributed by atoms with Crippen molar-refractivity contribution in [1.29, 1.82) is 0 Å². The number of ketones is 1. The van der Waals surface area contributed by atoms with Crippen LogP contribution in [0.2, 0.25) is 0 Å². The fourth-order valence-corrected chi connectivity index (χ4v) is 3.79. The Hall–Kier alpha value is -3.99. The van der Waals surface area contributed by atoms with E-state index >= 15 is 0 Å². The van der Waals surface area contributed by atoms with Crippen molar-refractivity contribution in [3.05, 3.63) is 119 Å². The minimum absolute atomic E-state index is 0.236. The first-order valence-corrected chi connectivity index (χ1v) is 9.63. The summed E-state index contributed by atoms with van der Waals surface area (Å²) in [6, 6.07) is 30.1. The van der Waals surface area contributed by atoms with Crippen LogP contribution in [-0.2, 0) is 17.4 Å². The third kappa shape index (κ3) is 3.31. The van der Waals surface area contributed by atoms with Crippen molar-refractivity contribution in [1.82, 2.24) is 9.78 Å². The van der Waals surface area contributed by atoms with Crippen LogP contribution in [0.1, 0.15) is 27.0 Å². The molecule has 0 aliphatic rings. The van der Waals surface area contributed by atoms with Crippen LogP contribution in [-0.4, -0.2) is 21.8 Å². The molecule has 30 heavy (non-hydrogen) atoms. The molecule has 1 heterocycles. The first-order chi connectivity index (χ1) is 14.7. The van der Waals surface area contributed by atoms with E-state index in [0.717, 1.165) is 16.7 Å². The topological polar surface area (TPSA) is 64.0 Å². The van der Waals surface area contributed by atoms with Crippen molar-refractivity contribution in [2.24, 2.45) is 7.05 Å². The summed E-state index contributed by atoms with van der Waals surface area (Å²) in [7, 11) is 1.75. The molecule has 0 aliphatic carbocycles. The fourth-order valence-electron chi connectivity index (χ4n) is 3.79. The average Bonchev–Trinajstić information content (AvgIpc) is 3.18. The number of aldehydes is 1. The first kappa shape index (κ1) is 19.3. The highest BCUT2D eigenvalue weighted by Crippen LogP contribution is 2.40. The minimum Gasteiger partial charge on any atom is -0.352 e. The Morgan fingerprint density at radius 1 is 0.833 bits per heavy atom. The zero-order valence-corrected chi connectivity index (χ0v) is 16.5. The van der Waals surface area contributed by atoms with Crippen LogP contribution in [0.25, 0.3) is 0 Å². The van der Waals surface area contributed by atoms with Crippen LogP contribution in [0, 0.1) is 0 Å². The number of benzene rings is 3. The molecule has 0 bridgehead atoms. The van der Waals surface area contributed by atoms with E-state index in [0.29, 0.717) is 12.1 Å². The van der Waals surface area contributed by atoms with Gasteiger partial charge in [-0.05, 0) is 16.7 Å². The van der Waals surface area contributed by atoms with Gasteiger partial charge in [0, 0.05) is 7.05 Å². The molecule has 0 amide bonds. The van der Waals surface area contributed by atoms with Gasteiger partial charge in [0.2, 0.25) is 5.78 Å². The molecule has 148 valence electrons. The highest BCUT2D eigenvalue weighted by Gasteiger charge is 2.38. The number of carbonyl (C=O) groups excluding carboxylic acids is 2. The van der Waals surface area contributed by atoms with E-state index in [2.05, 4.69) is 10.4 Å². The van der Waals surface area contributed by atoms with Crippen molar-refractivity contribution >= 4 is 17.9 Å². The second-order valence-electron chi connectivity index (χ2n) is 6.99. The van der Waals surface area contributed by atoms with Gasteiger partial charge >= 0.3 is 0 Å². The number of anilines is 1. The van der Waals surface area contributed by atoms with E-state index in [4.69, 9.17) is 0 Å². The molecule has 0 radical (unpaired) electrons. The van der Waals surface area contributed by atoms with Crippen molar-refractivity contribution in [2.45, 2.75) is 5.54 Å². The number of hydrogen-bond acceptors (Lipinski definition) is 4. The monoisotopic (exact) mass is 395 g/mol. The largest absolute Gasteiger partial charge is 0.352 e. The van der Waals surface area contributed by atoms with Crippen molar-refractivity contribution in [3.8, 4) is 0 Å². The van der Waals surface area contributed by atoms with Gasteiger partial charge in [-0.2, -0.15) is 5.10 Å². The van der Waals surface area contributed by atoms with Gasteiger partial charge in [0.1, 0.15) is 11.4 Å². The van der Waals surface area contributed by atoms with Gasteiger partial charge in [-0.1, -0.05) is 91.0 Å². The number of carbonyl (C=O) groups is 2. The molecule has 5 nitrogen and oxygen atoms in total. The molecule has 1 aromatic heterocycles. The normalized spacial score (nSPS) is 11.1. The standard InChI is InChI=1S/C25H21N3O2/c1-28-24(22(17-26-28)23(30)18-29)27-25(19-11-5-2-6-12-19,20-13-7-3-8-14-20)21-15-9-4-10-16-21/h2-18,27H,1H3. The molecule has 4 rings (SSSR count). The summed E-state index contributed by atoms with van der Waals surface area (Å²) in [6.07, 6.45) is 1.74. The van der Waals surface area contributed by atoms with Crippen molar-refractivity contribution in [2.75, 3.05) is 5.32 Å². The van der Waals surface area contributed by atoms with Crippen LogP contribution in [0.3, 0.4) is 0 Å². The van der Waals surface area contributed by atoms with Gasteiger partial charge in [-0.15, -0.1) is 0 Å². The van der Waals surface area contributed by atoms with Crippen LogP contribution >= 0.6 is 0 Å². The molecule has 0 atom stereocenters. The molecule has 4 aromatic rings. The molecular formula is C25H21N3O2. The molecule has 0 spiro atoms. The SMILES string of the molecule is Cn1ncc(C(=O)C=O)c1NC(c1ccccc1)(c1ccccc1)c1ccccc1. The predicted octanol–water partition coefficient (Wildman–Crippen LogP) is 4.21. The number of Topliss-reactive ketones (excluding diaryl/α,β-unsaturated/α-hetero) is 1. The highest BCUT2D eigenvalue weighted by molar-refractivity contribution is 6.34. The molecule has 1 N–H and O–H groups in total. The van der Waals surface area contributed by atoms with Gasteiger partial charge in [0.05, 0.1) is 11.8 Å². The Labute approximate surface area is 175 Å². The van der Waals surface area contributed by atoms with Gasteiger partial charge < -0.3 is 5.32 Å². The lowest BCUT2D eigenvalue weighted by molar-refractivity contribution is -0.104. The van der Waals surface area contributed by atoms with E-state index in [1.165, 1.54) is 6.20 Å². The van der Waals surface area contributed by atoms with Crippen molar-refractivity contribution in [3.63, 3.8) is 0 Å². The van der Waals surface area contributed by atoms with Crippen LogP contribution in [0.4, 0.5) is 5.82 Å². The zero-order chi connectivity index (χ0) is 21.0. The smallest absolute Gasteiger partial charge is 0.230 e. The van der Waals surface area contributed by atoms with E-state index in [1.807, 2.05) is 91.0 Å². The van der Waals surface area contributed by atoms with Crippen LogP contribution < -0.4 is 5.32 Å². The Morgan fingerprint density at radius 2 is 1.27 bits per heavy atom. The lowest BCUT2D eigenvalue weighted by atomic mass is 9.77. The summed E-state index contributed by atoms with van der Waals surface area (Å²) in [5.41, 5.74) is 2.41. The second kappa shape index (κ2) is 8.17. The summed E-state index contributed by atoms with van der Waals surface area (Å²) in [6.45, 7) is 0. The number of rotatable bonds is 7. The van der Waals surface area contributed by atoms with E-state index < -0.39 is 11.3 Å². The van der Waals surface area contributed by atoms with E-state index in [-0.39, 0.29) is 5.56 Å². The molecular weight excluding hydrogens is 374 g/mol. The van der Waals surface area contributed by atoms with Gasteiger partial charge in [0.15, 0.2) is 6.29 Å². The zero-order valence-electron chi connectivity index (χ0n) is 16.5. The Balaban J connectivity index is 2.03. The third-order valence-corrected chi connectivity index (χ3v) is 5.24. The summed E-state index contributed by atoms with van der Waals surface area (Å²) < 4.78 is 1.58.